The molecule has 0 radical (unpaired) electrons. The van der Waals surface area contributed by atoms with Crippen LogP contribution in [0.5, 0.6) is 0 Å². The van der Waals surface area contributed by atoms with Crippen LogP contribution in [0.25, 0.3) is 0 Å². The zero-order valence-corrected chi connectivity index (χ0v) is 9.72. The van der Waals surface area contributed by atoms with Gasteiger partial charge >= 0.3 is 0 Å². The number of guanidine groups is 1. The quantitative estimate of drug-likeness (QED) is 0.350. The summed E-state index contributed by atoms with van der Waals surface area (Å²) in [6, 6.07) is 6.51. The Labute approximate surface area is 99.7 Å². The molecule has 1 aromatic carbocycles. The van der Waals surface area contributed by atoms with Crippen molar-refractivity contribution in [3.05, 3.63) is 39.9 Å². The number of nitrogens with two attached hydrogens (primary N) is 1. The molecule has 6 nitrogen and oxygen atoms in total. The fourth-order valence-electron chi connectivity index (χ4n) is 1.30. The van der Waals surface area contributed by atoms with Crippen molar-refractivity contribution in [1.82, 2.24) is 5.32 Å². The molecule has 1 aromatic rings. The number of nitrogens with zero attached hydrogens (tertiary/aromatic N) is 2. The molecule has 0 amide bonds. The molecule has 0 aliphatic carbocycles. The van der Waals surface area contributed by atoms with Gasteiger partial charge in [0.2, 0.25) is 0 Å². The molecule has 92 valence electrons. The van der Waals surface area contributed by atoms with E-state index in [4.69, 9.17) is 5.73 Å². The van der Waals surface area contributed by atoms with Gasteiger partial charge in [0.15, 0.2) is 5.96 Å². The minimum Gasteiger partial charge on any atom is -0.370 e. The van der Waals surface area contributed by atoms with Gasteiger partial charge in [-0.2, -0.15) is 0 Å². The van der Waals surface area contributed by atoms with Crippen molar-refractivity contribution in [3.63, 3.8) is 0 Å². The van der Waals surface area contributed by atoms with Gasteiger partial charge in [-0.25, -0.2) is 4.99 Å². The maximum atomic E-state index is 10.7. The molecule has 3 N–H and O–H groups in total. The van der Waals surface area contributed by atoms with Crippen molar-refractivity contribution in [2.45, 2.75) is 19.9 Å². The lowest BCUT2D eigenvalue weighted by atomic mass is 10.2. The van der Waals surface area contributed by atoms with Crippen molar-refractivity contribution in [2.24, 2.45) is 10.7 Å². The van der Waals surface area contributed by atoms with Crippen LogP contribution in [0.15, 0.2) is 29.3 Å². The third-order valence-corrected chi connectivity index (χ3v) is 2.16. The topological polar surface area (TPSA) is 93.5 Å². The minimum absolute atomic E-state index is 0.0690. The Balaban J connectivity index is 2.71. The molecule has 0 saturated heterocycles. The number of rotatable bonds is 5. The molecule has 0 aromatic heterocycles. The number of nitro groups is 1. The molecular formula is C11H16N4O2. The van der Waals surface area contributed by atoms with Gasteiger partial charge in [-0.1, -0.05) is 25.1 Å². The highest BCUT2D eigenvalue weighted by atomic mass is 16.6. The van der Waals surface area contributed by atoms with Crippen molar-refractivity contribution < 1.29 is 4.92 Å². The van der Waals surface area contributed by atoms with Gasteiger partial charge in [-0.05, 0) is 6.42 Å². The predicted molar refractivity (Wildman–Crippen MR) is 66.7 cm³/mol. The lowest BCUT2D eigenvalue weighted by molar-refractivity contribution is -0.385. The standard InChI is InChI=1S/C11H16N4O2/c1-2-7-13-11(12)14-8-9-5-3-4-6-10(9)15(16)17/h3-6H,2,7-8H2,1H3,(H3,12,13,14). The highest BCUT2D eigenvalue weighted by Gasteiger charge is 2.11. The van der Waals surface area contributed by atoms with Gasteiger partial charge in [-0.15, -0.1) is 0 Å². The summed E-state index contributed by atoms with van der Waals surface area (Å²) in [7, 11) is 0. The van der Waals surface area contributed by atoms with E-state index in [-0.39, 0.29) is 12.2 Å². The Hall–Kier alpha value is -2.11. The number of aliphatic imine (C=N–C) groups is 1. The van der Waals surface area contributed by atoms with Crippen LogP contribution in [0, 0.1) is 10.1 Å². The van der Waals surface area contributed by atoms with Gasteiger partial charge in [0.05, 0.1) is 17.0 Å². The molecule has 0 unspecified atom stereocenters. The normalized spacial score (nSPS) is 11.2. The van der Waals surface area contributed by atoms with Gasteiger partial charge in [-0.3, -0.25) is 10.1 Å². The van der Waals surface area contributed by atoms with E-state index in [1.807, 2.05) is 6.92 Å². The average molecular weight is 236 g/mol. The largest absolute Gasteiger partial charge is 0.370 e. The van der Waals surface area contributed by atoms with Crippen LogP contribution >= 0.6 is 0 Å². The summed E-state index contributed by atoms with van der Waals surface area (Å²) in [5, 5.41) is 13.7. The summed E-state index contributed by atoms with van der Waals surface area (Å²) in [6.07, 6.45) is 0.946. The highest BCUT2D eigenvalue weighted by molar-refractivity contribution is 5.77. The van der Waals surface area contributed by atoms with Gasteiger partial charge in [0.25, 0.3) is 5.69 Å². The summed E-state index contributed by atoms with van der Waals surface area (Å²) in [5.41, 5.74) is 6.23. The molecule has 0 fully saturated rings. The molecule has 1 rings (SSSR count). The number of hydrogen-bond donors (Lipinski definition) is 2. The summed E-state index contributed by atoms with van der Waals surface area (Å²) in [5.74, 6) is 0.310. The van der Waals surface area contributed by atoms with Crippen LogP contribution in [-0.4, -0.2) is 17.4 Å². The third-order valence-electron chi connectivity index (χ3n) is 2.16. The fraction of sp³-hybridized carbons (Fsp3) is 0.364. The van der Waals surface area contributed by atoms with Crippen LogP contribution < -0.4 is 11.1 Å². The Bertz CT molecular complexity index is 418. The summed E-state index contributed by atoms with van der Waals surface area (Å²) in [6.45, 7) is 2.97. The van der Waals surface area contributed by atoms with E-state index in [0.29, 0.717) is 11.5 Å². The molecule has 0 bridgehead atoms. The van der Waals surface area contributed by atoms with E-state index < -0.39 is 4.92 Å². The third kappa shape index (κ3) is 4.10. The first kappa shape index (κ1) is 13.0. The van der Waals surface area contributed by atoms with Gasteiger partial charge < -0.3 is 11.1 Å². The Morgan fingerprint density at radius 3 is 2.88 bits per heavy atom. The molecule has 0 spiro atoms. The van der Waals surface area contributed by atoms with Crippen LogP contribution in [-0.2, 0) is 6.54 Å². The Morgan fingerprint density at radius 2 is 2.24 bits per heavy atom. The van der Waals surface area contributed by atoms with Gasteiger partial charge in [0.1, 0.15) is 0 Å². The SMILES string of the molecule is CCCNC(N)=NCc1ccccc1[N+](=O)[O-]. The summed E-state index contributed by atoms with van der Waals surface area (Å²) >= 11 is 0. The van der Waals surface area contributed by atoms with Crippen LogP contribution in [0.2, 0.25) is 0 Å². The van der Waals surface area contributed by atoms with Crippen molar-refractivity contribution >= 4 is 11.6 Å². The van der Waals surface area contributed by atoms with E-state index in [1.165, 1.54) is 6.07 Å². The molecule has 0 atom stereocenters. The average Bonchev–Trinajstić information content (AvgIpc) is 2.34. The second-order valence-electron chi connectivity index (χ2n) is 3.51. The van der Waals surface area contributed by atoms with E-state index in [1.54, 1.807) is 18.2 Å². The first-order valence-electron chi connectivity index (χ1n) is 5.41. The smallest absolute Gasteiger partial charge is 0.274 e. The maximum absolute atomic E-state index is 10.7. The molecule has 17 heavy (non-hydrogen) atoms. The predicted octanol–water partition coefficient (Wildman–Crippen LogP) is 1.41. The fourth-order valence-corrected chi connectivity index (χ4v) is 1.30. The number of para-hydroxylation sites is 1. The van der Waals surface area contributed by atoms with E-state index in [9.17, 15) is 10.1 Å². The monoisotopic (exact) mass is 236 g/mol. The van der Waals surface area contributed by atoms with E-state index in [2.05, 4.69) is 10.3 Å². The first-order valence-corrected chi connectivity index (χ1v) is 5.41. The minimum atomic E-state index is -0.416. The first-order chi connectivity index (χ1) is 8.15. The second-order valence-corrected chi connectivity index (χ2v) is 3.51. The van der Waals surface area contributed by atoms with E-state index >= 15 is 0 Å². The van der Waals surface area contributed by atoms with Crippen LogP contribution in [0.4, 0.5) is 5.69 Å². The Morgan fingerprint density at radius 1 is 1.53 bits per heavy atom. The summed E-state index contributed by atoms with van der Waals surface area (Å²) < 4.78 is 0. The Kier molecular flexibility index (Phi) is 4.93. The van der Waals surface area contributed by atoms with Crippen molar-refractivity contribution in [3.8, 4) is 0 Å². The van der Waals surface area contributed by atoms with E-state index in [0.717, 1.165) is 13.0 Å². The molecular weight excluding hydrogens is 220 g/mol. The van der Waals surface area contributed by atoms with Crippen LogP contribution in [0.3, 0.4) is 0 Å². The van der Waals surface area contributed by atoms with Crippen molar-refractivity contribution in [2.75, 3.05) is 6.54 Å². The number of benzene rings is 1. The molecule has 0 saturated carbocycles. The zero-order chi connectivity index (χ0) is 12.7. The van der Waals surface area contributed by atoms with Crippen molar-refractivity contribution in [1.29, 1.82) is 0 Å². The second kappa shape index (κ2) is 6.47. The summed E-state index contributed by atoms with van der Waals surface area (Å²) in [4.78, 5) is 14.4. The van der Waals surface area contributed by atoms with Crippen LogP contribution in [0.1, 0.15) is 18.9 Å². The zero-order valence-electron chi connectivity index (χ0n) is 9.72. The molecule has 0 aliphatic heterocycles. The lowest BCUT2D eigenvalue weighted by Gasteiger charge is -2.03. The number of nitro benzene ring substituents is 1. The molecule has 0 heterocycles. The lowest BCUT2D eigenvalue weighted by Crippen LogP contribution is -2.32. The molecule has 0 aliphatic rings. The van der Waals surface area contributed by atoms with Gasteiger partial charge in [0, 0.05) is 12.6 Å². The highest BCUT2D eigenvalue weighted by Crippen LogP contribution is 2.18. The molecule has 6 heteroatoms. The number of hydrogen-bond acceptors (Lipinski definition) is 3. The maximum Gasteiger partial charge on any atom is 0.274 e. The number of nitrogens with one attached hydrogen (secondary N) is 1.